The second-order valence-corrected chi connectivity index (χ2v) is 7.16. The highest BCUT2D eigenvalue weighted by molar-refractivity contribution is 5.49. The van der Waals surface area contributed by atoms with Gasteiger partial charge in [0.2, 0.25) is 0 Å². The van der Waals surface area contributed by atoms with Crippen molar-refractivity contribution in [2.75, 3.05) is 27.3 Å². The van der Waals surface area contributed by atoms with Crippen molar-refractivity contribution < 1.29 is 17.3 Å². The highest BCUT2D eigenvalue weighted by Gasteiger charge is 2.38. The zero-order valence-electron chi connectivity index (χ0n) is 16.6. The van der Waals surface area contributed by atoms with E-state index >= 15 is 0 Å². The average molecular weight is 321 g/mol. The van der Waals surface area contributed by atoms with Crippen LogP contribution in [0.15, 0.2) is 12.1 Å². The number of nitrogens with zero attached hydrogens (tertiary/aromatic N) is 1. The normalized spacial score (nSPS) is 28.7. The van der Waals surface area contributed by atoms with E-state index in [2.05, 4.69) is 18.7 Å². The number of hydrogen-bond acceptors (Lipinski definition) is 4. The standard InChI is InChI=1S/C19H29NO3/c1-12(2)7-14-11-20-6-5-13-8-18(22-3)19(23-4)9-15(13)16(20)10-17(14)21/h8-9,12,14,16-17,21H,5-7,10-11H2,1-4H3/i8D,9D. The molecule has 0 radical (unpaired) electrons. The molecule has 23 heavy (non-hydrogen) atoms. The van der Waals surface area contributed by atoms with E-state index < -0.39 is 0 Å². The second-order valence-electron chi connectivity index (χ2n) is 7.16. The summed E-state index contributed by atoms with van der Waals surface area (Å²) in [6, 6.07) is 0.608. The topological polar surface area (TPSA) is 41.9 Å². The maximum Gasteiger partial charge on any atom is 0.161 e. The SMILES string of the molecule is [2H]c1c2c(c([2H])c(OC)c1OC)C1CC(O)C(CC(C)C)CN1CC2. The molecule has 1 N–H and O–H groups in total. The third-order valence-corrected chi connectivity index (χ3v) is 5.13. The molecule has 1 aromatic carbocycles. The number of rotatable bonds is 4. The van der Waals surface area contributed by atoms with Gasteiger partial charge in [-0.05, 0) is 54.3 Å². The van der Waals surface area contributed by atoms with E-state index in [4.69, 9.17) is 12.2 Å². The van der Waals surface area contributed by atoms with Crippen LogP contribution in [0, 0.1) is 11.8 Å². The molecule has 2 aliphatic heterocycles. The predicted octanol–water partition coefficient (Wildman–Crippen LogP) is 3.03. The van der Waals surface area contributed by atoms with Gasteiger partial charge in [0.15, 0.2) is 11.5 Å². The number of aliphatic hydroxyl groups is 1. The van der Waals surface area contributed by atoms with E-state index in [0.29, 0.717) is 35.9 Å². The maximum absolute atomic E-state index is 10.7. The number of hydrogen-bond donors (Lipinski definition) is 1. The summed E-state index contributed by atoms with van der Waals surface area (Å²) in [5.74, 6) is 1.51. The lowest BCUT2D eigenvalue weighted by Crippen LogP contribution is -2.48. The minimum Gasteiger partial charge on any atom is -0.493 e. The van der Waals surface area contributed by atoms with E-state index in [9.17, 15) is 5.11 Å². The highest BCUT2D eigenvalue weighted by Crippen LogP contribution is 2.43. The molecule has 0 amide bonds. The molecule has 1 fully saturated rings. The van der Waals surface area contributed by atoms with Gasteiger partial charge in [-0.3, -0.25) is 4.90 Å². The van der Waals surface area contributed by atoms with Gasteiger partial charge >= 0.3 is 0 Å². The molecule has 128 valence electrons. The lowest BCUT2D eigenvalue weighted by atomic mass is 9.79. The van der Waals surface area contributed by atoms with E-state index in [1.807, 2.05) is 0 Å². The molecule has 0 bridgehead atoms. The van der Waals surface area contributed by atoms with Crippen LogP contribution in [0.2, 0.25) is 0 Å². The summed E-state index contributed by atoms with van der Waals surface area (Å²) >= 11 is 0. The molecule has 0 aliphatic carbocycles. The molecule has 3 rings (SSSR count). The van der Waals surface area contributed by atoms with Gasteiger partial charge in [0.25, 0.3) is 0 Å². The molecule has 0 saturated carbocycles. The van der Waals surface area contributed by atoms with Crippen LogP contribution in [-0.2, 0) is 6.42 Å². The van der Waals surface area contributed by atoms with Crippen molar-refractivity contribution in [2.45, 2.75) is 45.3 Å². The third kappa shape index (κ3) is 3.20. The zero-order valence-corrected chi connectivity index (χ0v) is 14.6. The summed E-state index contributed by atoms with van der Waals surface area (Å²) in [7, 11) is 3.02. The highest BCUT2D eigenvalue weighted by atomic mass is 16.5. The van der Waals surface area contributed by atoms with Gasteiger partial charge in [-0.15, -0.1) is 0 Å². The first-order valence-electron chi connectivity index (χ1n) is 9.55. The number of ether oxygens (including phenoxy) is 2. The lowest BCUT2D eigenvalue weighted by molar-refractivity contribution is -0.0191. The number of benzene rings is 1. The summed E-state index contributed by atoms with van der Waals surface area (Å²) < 4.78 is 27.8. The minimum atomic E-state index is -0.365. The van der Waals surface area contributed by atoms with Crippen molar-refractivity contribution in [3.8, 4) is 11.5 Å². The van der Waals surface area contributed by atoms with Crippen molar-refractivity contribution in [1.82, 2.24) is 4.90 Å². The predicted molar refractivity (Wildman–Crippen MR) is 91.1 cm³/mol. The molecule has 4 nitrogen and oxygen atoms in total. The Balaban J connectivity index is 2.01. The van der Waals surface area contributed by atoms with Gasteiger partial charge in [0.05, 0.1) is 23.1 Å². The zero-order chi connectivity index (χ0) is 18.3. The number of piperidine rings is 1. The Labute approximate surface area is 142 Å². The smallest absolute Gasteiger partial charge is 0.161 e. The van der Waals surface area contributed by atoms with Crippen molar-refractivity contribution >= 4 is 0 Å². The number of aliphatic hydroxyl groups excluding tert-OH is 1. The molecule has 0 spiro atoms. The van der Waals surface area contributed by atoms with Crippen LogP contribution in [-0.4, -0.2) is 43.4 Å². The van der Waals surface area contributed by atoms with Crippen molar-refractivity contribution in [3.05, 3.63) is 23.2 Å². The van der Waals surface area contributed by atoms with E-state index in [0.717, 1.165) is 37.1 Å². The lowest BCUT2D eigenvalue weighted by Gasteiger charge is -2.46. The Morgan fingerprint density at radius 1 is 1.30 bits per heavy atom. The van der Waals surface area contributed by atoms with E-state index in [1.54, 1.807) is 0 Å². The molecule has 2 heterocycles. The van der Waals surface area contributed by atoms with Gasteiger partial charge in [-0.2, -0.15) is 0 Å². The Bertz CT molecular complexity index is 650. The molecular weight excluding hydrogens is 290 g/mol. The molecule has 1 saturated heterocycles. The van der Waals surface area contributed by atoms with E-state index in [-0.39, 0.29) is 18.1 Å². The summed E-state index contributed by atoms with van der Waals surface area (Å²) in [6.45, 7) is 6.09. The van der Waals surface area contributed by atoms with Crippen molar-refractivity contribution in [3.63, 3.8) is 0 Å². The fourth-order valence-electron chi connectivity index (χ4n) is 4.05. The molecule has 3 atom stereocenters. The quantitative estimate of drug-likeness (QED) is 0.925. The molecule has 0 aromatic heterocycles. The largest absolute Gasteiger partial charge is 0.493 e. The molecule has 1 aromatic rings. The summed E-state index contributed by atoms with van der Waals surface area (Å²) in [5.41, 5.74) is 1.72. The molecule has 2 aliphatic rings. The van der Waals surface area contributed by atoms with Gasteiger partial charge < -0.3 is 14.6 Å². The average Bonchev–Trinajstić information content (AvgIpc) is 2.57. The van der Waals surface area contributed by atoms with Crippen LogP contribution >= 0.6 is 0 Å². The van der Waals surface area contributed by atoms with Crippen LogP contribution in [0.25, 0.3) is 0 Å². The summed E-state index contributed by atoms with van der Waals surface area (Å²) in [4.78, 5) is 2.38. The monoisotopic (exact) mass is 321 g/mol. The number of methoxy groups -OCH3 is 2. The fraction of sp³-hybridized carbons (Fsp3) is 0.684. The van der Waals surface area contributed by atoms with Crippen LogP contribution in [0.5, 0.6) is 11.5 Å². The first-order valence-corrected chi connectivity index (χ1v) is 8.55. The van der Waals surface area contributed by atoms with Gasteiger partial charge in [0, 0.05) is 19.1 Å². The van der Waals surface area contributed by atoms with Crippen LogP contribution in [0.1, 0.15) is 46.6 Å². The summed E-state index contributed by atoms with van der Waals surface area (Å²) in [5, 5.41) is 10.7. The van der Waals surface area contributed by atoms with Crippen molar-refractivity contribution in [2.24, 2.45) is 11.8 Å². The van der Waals surface area contributed by atoms with Gasteiger partial charge in [-0.1, -0.05) is 13.8 Å². The minimum absolute atomic E-state index is 0.0152. The second kappa shape index (κ2) is 6.70. The summed E-state index contributed by atoms with van der Waals surface area (Å²) in [6.07, 6.45) is 2.00. The van der Waals surface area contributed by atoms with Crippen LogP contribution in [0.3, 0.4) is 0 Å². The van der Waals surface area contributed by atoms with Crippen molar-refractivity contribution in [1.29, 1.82) is 0 Å². The molecular formula is C19H29NO3. The first kappa shape index (κ1) is 14.1. The van der Waals surface area contributed by atoms with E-state index in [1.165, 1.54) is 14.2 Å². The first-order chi connectivity index (χ1) is 11.9. The third-order valence-electron chi connectivity index (χ3n) is 5.13. The maximum atomic E-state index is 10.7. The van der Waals surface area contributed by atoms with Gasteiger partial charge in [0.1, 0.15) is 0 Å². The Hall–Kier alpha value is -1.26. The fourth-order valence-corrected chi connectivity index (χ4v) is 4.05. The van der Waals surface area contributed by atoms with Gasteiger partial charge in [-0.25, -0.2) is 0 Å². The molecule has 3 unspecified atom stereocenters. The van der Waals surface area contributed by atoms with Crippen LogP contribution < -0.4 is 9.47 Å². The molecule has 4 heteroatoms. The Kier molecular flexibility index (Phi) is 4.11. The Morgan fingerprint density at radius 3 is 2.65 bits per heavy atom. The van der Waals surface area contributed by atoms with Crippen LogP contribution in [0.4, 0.5) is 0 Å². The number of fused-ring (bicyclic) bond motifs is 3. The Morgan fingerprint density at radius 2 is 2.00 bits per heavy atom.